The Kier molecular flexibility index (Phi) is 43.6. The number of rotatable bonds is 9. The standard InChI is InChI=1S/3C4H10BrN.H3O4P/c3*5-3-1-2-4-6;1-5(2,3)4/h3*1-4,6H2;(H3,1,2,3,4). The average Bonchev–Trinajstić information content (AvgIpc) is 2.48. The third kappa shape index (κ3) is 98.9. The third-order valence-electron chi connectivity index (χ3n) is 1.76. The summed E-state index contributed by atoms with van der Waals surface area (Å²) in [7, 11) is -4.64. The molecule has 0 aromatic rings. The minimum atomic E-state index is -4.64. The van der Waals surface area contributed by atoms with Crippen molar-refractivity contribution in [3.8, 4) is 0 Å². The largest absolute Gasteiger partial charge is 0.466 e. The van der Waals surface area contributed by atoms with Crippen LogP contribution in [0.3, 0.4) is 0 Å². The first-order valence-corrected chi connectivity index (χ1v) is 12.2. The quantitative estimate of drug-likeness (QED) is 0.145. The molecule has 0 atom stereocenters. The van der Waals surface area contributed by atoms with E-state index in [1.54, 1.807) is 0 Å². The van der Waals surface area contributed by atoms with Crippen LogP contribution in [0.1, 0.15) is 38.5 Å². The van der Waals surface area contributed by atoms with Gasteiger partial charge in [0, 0.05) is 16.0 Å². The second-order valence-corrected chi connectivity index (χ2v) is 7.47. The highest BCUT2D eigenvalue weighted by molar-refractivity contribution is 9.09. The first kappa shape index (κ1) is 32.1. The van der Waals surface area contributed by atoms with Crippen LogP contribution in [0.5, 0.6) is 0 Å². The Hall–Kier alpha value is 1.43. The van der Waals surface area contributed by atoms with Crippen molar-refractivity contribution in [3.05, 3.63) is 0 Å². The lowest BCUT2D eigenvalue weighted by atomic mass is 10.3. The molecule has 0 aliphatic carbocycles. The molecule has 0 amide bonds. The van der Waals surface area contributed by atoms with E-state index in [1.165, 1.54) is 19.3 Å². The summed E-state index contributed by atoms with van der Waals surface area (Å²) in [5.41, 5.74) is 15.6. The Morgan fingerprint density at radius 1 is 0.609 bits per heavy atom. The van der Waals surface area contributed by atoms with E-state index in [2.05, 4.69) is 47.8 Å². The van der Waals surface area contributed by atoms with Crippen LogP contribution >= 0.6 is 55.6 Å². The van der Waals surface area contributed by atoms with Gasteiger partial charge in [-0.1, -0.05) is 47.8 Å². The maximum atomic E-state index is 8.88. The highest BCUT2D eigenvalue weighted by Crippen LogP contribution is 2.25. The van der Waals surface area contributed by atoms with Gasteiger partial charge < -0.3 is 31.9 Å². The van der Waals surface area contributed by atoms with Gasteiger partial charge in [0.05, 0.1) is 0 Å². The zero-order valence-corrected chi connectivity index (χ0v) is 19.2. The smallest absolute Gasteiger partial charge is 0.330 e. The molecule has 0 rings (SSSR count). The molecule has 0 aliphatic heterocycles. The van der Waals surface area contributed by atoms with Gasteiger partial charge in [-0.2, -0.15) is 0 Å². The molecule has 0 saturated carbocycles. The molecule has 0 unspecified atom stereocenters. The number of hydrogen-bond acceptors (Lipinski definition) is 4. The molecular formula is C12H33Br3N3O4P. The molecule has 0 fully saturated rings. The number of hydrogen-bond donors (Lipinski definition) is 6. The molecule has 0 aromatic heterocycles. The normalized spacial score (nSPS) is 9.61. The first-order valence-electron chi connectivity index (χ1n) is 7.31. The molecule has 0 aromatic carbocycles. The molecule has 9 N–H and O–H groups in total. The van der Waals surface area contributed by atoms with Crippen molar-refractivity contribution in [2.24, 2.45) is 17.2 Å². The van der Waals surface area contributed by atoms with Crippen molar-refractivity contribution in [2.75, 3.05) is 35.6 Å². The second-order valence-electron chi connectivity index (χ2n) is 4.07. The summed E-state index contributed by atoms with van der Waals surface area (Å²) >= 11 is 9.88. The van der Waals surface area contributed by atoms with Crippen molar-refractivity contribution in [3.63, 3.8) is 0 Å². The van der Waals surface area contributed by atoms with E-state index in [0.717, 1.165) is 54.9 Å². The van der Waals surface area contributed by atoms with Gasteiger partial charge in [-0.15, -0.1) is 0 Å². The Balaban J connectivity index is -0.000000105. The zero-order valence-electron chi connectivity index (χ0n) is 13.5. The van der Waals surface area contributed by atoms with Crippen molar-refractivity contribution in [2.45, 2.75) is 38.5 Å². The van der Waals surface area contributed by atoms with Gasteiger partial charge in [0.1, 0.15) is 0 Å². The number of phosphoric acid groups is 1. The van der Waals surface area contributed by atoms with Crippen LogP contribution in [0.4, 0.5) is 0 Å². The SMILES string of the molecule is NCCCCBr.NCCCCBr.NCCCCBr.O=P(O)(O)O. The van der Waals surface area contributed by atoms with E-state index in [1.807, 2.05) is 0 Å². The molecule has 0 saturated heterocycles. The fraction of sp³-hybridized carbons (Fsp3) is 1.00. The minimum absolute atomic E-state index is 0.825. The van der Waals surface area contributed by atoms with E-state index in [0.29, 0.717) is 0 Å². The van der Waals surface area contributed by atoms with E-state index in [-0.39, 0.29) is 0 Å². The Labute approximate surface area is 165 Å². The topological polar surface area (TPSA) is 156 Å². The van der Waals surface area contributed by atoms with Crippen LogP contribution in [-0.4, -0.2) is 50.3 Å². The van der Waals surface area contributed by atoms with E-state index >= 15 is 0 Å². The monoisotopic (exact) mass is 551 g/mol. The van der Waals surface area contributed by atoms with E-state index in [9.17, 15) is 0 Å². The highest BCUT2D eigenvalue weighted by atomic mass is 79.9. The summed E-state index contributed by atoms with van der Waals surface area (Å²) in [5, 5.41) is 3.26. The van der Waals surface area contributed by atoms with Crippen molar-refractivity contribution in [1.82, 2.24) is 0 Å². The summed E-state index contributed by atoms with van der Waals surface area (Å²) in [6.07, 6.45) is 7.05. The van der Waals surface area contributed by atoms with Gasteiger partial charge >= 0.3 is 7.82 Å². The third-order valence-corrected chi connectivity index (χ3v) is 3.45. The van der Waals surface area contributed by atoms with E-state index < -0.39 is 7.82 Å². The molecule has 146 valence electrons. The number of halogens is 3. The minimum Gasteiger partial charge on any atom is -0.330 e. The van der Waals surface area contributed by atoms with Crippen LogP contribution in [0, 0.1) is 0 Å². The fourth-order valence-corrected chi connectivity index (χ4v) is 1.91. The highest BCUT2D eigenvalue weighted by Gasteiger charge is 2.00. The number of alkyl halides is 3. The molecule has 0 heterocycles. The average molecular weight is 554 g/mol. The Morgan fingerprint density at radius 2 is 0.783 bits per heavy atom. The lowest BCUT2D eigenvalue weighted by Gasteiger charge is -1.85. The lowest BCUT2D eigenvalue weighted by molar-refractivity contribution is 0.275. The molecule has 23 heavy (non-hydrogen) atoms. The fourth-order valence-electron chi connectivity index (χ4n) is 0.716. The number of unbranched alkanes of at least 4 members (excludes halogenated alkanes) is 3. The number of nitrogens with two attached hydrogens (primary N) is 3. The van der Waals surface area contributed by atoms with Crippen LogP contribution in [-0.2, 0) is 4.57 Å². The van der Waals surface area contributed by atoms with Crippen LogP contribution in [0.25, 0.3) is 0 Å². The maximum Gasteiger partial charge on any atom is 0.466 e. The lowest BCUT2D eigenvalue weighted by Crippen LogP contribution is -1.97. The Bertz CT molecular complexity index is 188. The summed E-state index contributed by atoms with van der Waals surface area (Å²) < 4.78 is 8.88. The van der Waals surface area contributed by atoms with Gasteiger partial charge in [-0.3, -0.25) is 0 Å². The van der Waals surface area contributed by atoms with Gasteiger partial charge in [0.2, 0.25) is 0 Å². The maximum absolute atomic E-state index is 8.88. The Morgan fingerprint density at radius 3 is 0.826 bits per heavy atom. The molecule has 11 heteroatoms. The molecule has 0 radical (unpaired) electrons. The molecular weight excluding hydrogens is 521 g/mol. The van der Waals surface area contributed by atoms with Crippen molar-refractivity contribution >= 4 is 55.6 Å². The summed E-state index contributed by atoms with van der Waals surface area (Å²) in [5.74, 6) is 0. The molecule has 0 bridgehead atoms. The van der Waals surface area contributed by atoms with Crippen LogP contribution in [0.15, 0.2) is 0 Å². The molecule has 7 nitrogen and oxygen atoms in total. The molecule has 0 aliphatic rings. The summed E-state index contributed by atoms with van der Waals surface area (Å²) in [6, 6.07) is 0. The summed E-state index contributed by atoms with van der Waals surface area (Å²) in [6.45, 7) is 2.47. The van der Waals surface area contributed by atoms with Crippen molar-refractivity contribution in [1.29, 1.82) is 0 Å². The summed E-state index contributed by atoms with van der Waals surface area (Å²) in [4.78, 5) is 21.6. The first-order chi connectivity index (χ1) is 10.7. The van der Waals surface area contributed by atoms with E-state index in [4.69, 9.17) is 36.4 Å². The molecule has 0 spiro atoms. The van der Waals surface area contributed by atoms with Crippen LogP contribution in [0.2, 0.25) is 0 Å². The predicted octanol–water partition coefficient (Wildman–Crippen LogP) is 2.43. The van der Waals surface area contributed by atoms with Crippen molar-refractivity contribution < 1.29 is 19.2 Å². The second kappa shape index (κ2) is 31.2. The van der Waals surface area contributed by atoms with Gasteiger partial charge in [-0.25, -0.2) is 4.57 Å². The predicted molar refractivity (Wildman–Crippen MR) is 111 cm³/mol. The van der Waals surface area contributed by atoms with Gasteiger partial charge in [0.25, 0.3) is 0 Å². The zero-order chi connectivity index (χ0) is 19.0. The van der Waals surface area contributed by atoms with Gasteiger partial charge in [0.15, 0.2) is 0 Å². The van der Waals surface area contributed by atoms with Gasteiger partial charge in [-0.05, 0) is 58.2 Å². The van der Waals surface area contributed by atoms with Crippen LogP contribution < -0.4 is 17.2 Å².